The van der Waals surface area contributed by atoms with Crippen LogP contribution in [-0.4, -0.2) is 19.1 Å². The minimum absolute atomic E-state index is 0.403. The lowest BCUT2D eigenvalue weighted by Gasteiger charge is -2.25. The molecule has 1 saturated heterocycles. The SMILES string of the molecule is CC1(C)CCN(c2c(Cl)cccc2CNC2CC2)C1. The van der Waals surface area contributed by atoms with Crippen molar-refractivity contribution in [2.45, 2.75) is 45.7 Å². The highest BCUT2D eigenvalue weighted by atomic mass is 35.5. The van der Waals surface area contributed by atoms with Crippen LogP contribution in [-0.2, 0) is 6.54 Å². The van der Waals surface area contributed by atoms with Gasteiger partial charge in [-0.05, 0) is 36.3 Å². The van der Waals surface area contributed by atoms with Crippen LogP contribution in [0.2, 0.25) is 5.02 Å². The summed E-state index contributed by atoms with van der Waals surface area (Å²) in [6.45, 7) is 7.84. The lowest BCUT2D eigenvalue weighted by Crippen LogP contribution is -2.25. The number of rotatable bonds is 4. The van der Waals surface area contributed by atoms with E-state index in [4.69, 9.17) is 11.6 Å². The zero-order valence-corrected chi connectivity index (χ0v) is 12.6. The zero-order chi connectivity index (χ0) is 13.5. The Bertz CT molecular complexity index is 466. The first kappa shape index (κ1) is 13.3. The van der Waals surface area contributed by atoms with Gasteiger partial charge in [-0.25, -0.2) is 0 Å². The summed E-state index contributed by atoms with van der Waals surface area (Å²) in [5.74, 6) is 0. The Hall–Kier alpha value is -0.730. The Balaban J connectivity index is 1.81. The van der Waals surface area contributed by atoms with Crippen molar-refractivity contribution in [2.75, 3.05) is 18.0 Å². The van der Waals surface area contributed by atoms with E-state index >= 15 is 0 Å². The summed E-state index contributed by atoms with van der Waals surface area (Å²) in [4.78, 5) is 2.46. The van der Waals surface area contributed by atoms with Crippen LogP contribution >= 0.6 is 11.6 Å². The second-order valence-electron chi connectivity index (χ2n) is 6.74. The number of hydrogen-bond acceptors (Lipinski definition) is 2. The topological polar surface area (TPSA) is 15.3 Å². The van der Waals surface area contributed by atoms with Crippen LogP contribution in [0.4, 0.5) is 5.69 Å². The van der Waals surface area contributed by atoms with Gasteiger partial charge in [0.25, 0.3) is 0 Å². The van der Waals surface area contributed by atoms with Gasteiger partial charge in [0, 0.05) is 25.7 Å². The molecule has 1 saturated carbocycles. The number of halogens is 1. The summed E-state index contributed by atoms with van der Waals surface area (Å²) in [5, 5.41) is 4.50. The molecular weight excluding hydrogens is 256 g/mol. The van der Waals surface area contributed by atoms with Crippen molar-refractivity contribution in [3.8, 4) is 0 Å². The number of anilines is 1. The highest BCUT2D eigenvalue weighted by Crippen LogP contribution is 2.38. The van der Waals surface area contributed by atoms with Crippen LogP contribution in [0.5, 0.6) is 0 Å². The van der Waals surface area contributed by atoms with Crippen molar-refractivity contribution >= 4 is 17.3 Å². The van der Waals surface area contributed by atoms with Crippen LogP contribution in [0.25, 0.3) is 0 Å². The van der Waals surface area contributed by atoms with Gasteiger partial charge in [0.05, 0.1) is 10.7 Å². The second kappa shape index (κ2) is 4.99. The van der Waals surface area contributed by atoms with E-state index in [2.05, 4.69) is 36.2 Å². The summed E-state index contributed by atoms with van der Waals surface area (Å²) in [6.07, 6.45) is 3.90. The minimum Gasteiger partial charge on any atom is -0.370 e. The molecule has 2 nitrogen and oxygen atoms in total. The van der Waals surface area contributed by atoms with E-state index in [1.807, 2.05) is 6.07 Å². The molecule has 3 rings (SSSR count). The van der Waals surface area contributed by atoms with E-state index in [0.29, 0.717) is 5.41 Å². The van der Waals surface area contributed by atoms with Gasteiger partial charge in [-0.2, -0.15) is 0 Å². The number of hydrogen-bond donors (Lipinski definition) is 1. The molecule has 0 unspecified atom stereocenters. The second-order valence-corrected chi connectivity index (χ2v) is 7.15. The smallest absolute Gasteiger partial charge is 0.0642 e. The Morgan fingerprint density at radius 2 is 2.16 bits per heavy atom. The molecule has 0 spiro atoms. The molecule has 1 heterocycles. The summed E-state index contributed by atoms with van der Waals surface area (Å²) in [7, 11) is 0. The Morgan fingerprint density at radius 1 is 1.37 bits per heavy atom. The molecule has 0 amide bonds. The molecule has 19 heavy (non-hydrogen) atoms. The number of nitrogens with zero attached hydrogens (tertiary/aromatic N) is 1. The van der Waals surface area contributed by atoms with Gasteiger partial charge in [-0.15, -0.1) is 0 Å². The molecule has 3 heteroatoms. The maximum absolute atomic E-state index is 6.46. The maximum atomic E-state index is 6.46. The predicted molar refractivity (Wildman–Crippen MR) is 81.9 cm³/mol. The van der Waals surface area contributed by atoms with Crippen molar-refractivity contribution in [2.24, 2.45) is 5.41 Å². The molecule has 2 fully saturated rings. The van der Waals surface area contributed by atoms with Crippen LogP contribution in [0.15, 0.2) is 18.2 Å². The van der Waals surface area contributed by atoms with Crippen LogP contribution in [0.1, 0.15) is 38.7 Å². The Kier molecular flexibility index (Phi) is 3.48. The largest absolute Gasteiger partial charge is 0.370 e. The summed E-state index contributed by atoms with van der Waals surface area (Å²) in [5.41, 5.74) is 3.00. The molecule has 0 bridgehead atoms. The zero-order valence-electron chi connectivity index (χ0n) is 11.9. The monoisotopic (exact) mass is 278 g/mol. The van der Waals surface area contributed by atoms with Gasteiger partial charge in [0.2, 0.25) is 0 Å². The lowest BCUT2D eigenvalue weighted by atomic mass is 9.93. The summed E-state index contributed by atoms with van der Waals surface area (Å²) >= 11 is 6.46. The van der Waals surface area contributed by atoms with Gasteiger partial charge in [0.15, 0.2) is 0 Å². The van der Waals surface area contributed by atoms with Crippen LogP contribution in [0, 0.1) is 5.41 Å². The van der Waals surface area contributed by atoms with E-state index < -0.39 is 0 Å². The molecule has 0 radical (unpaired) electrons. The number of para-hydroxylation sites is 1. The molecule has 1 aromatic rings. The third-order valence-corrected chi connectivity index (χ3v) is 4.53. The van der Waals surface area contributed by atoms with Crippen LogP contribution in [0.3, 0.4) is 0 Å². The average Bonchev–Trinajstić information content (AvgIpc) is 3.11. The van der Waals surface area contributed by atoms with Crippen molar-refractivity contribution < 1.29 is 0 Å². The van der Waals surface area contributed by atoms with Crippen molar-refractivity contribution in [3.63, 3.8) is 0 Å². The molecule has 0 aromatic heterocycles. The quantitative estimate of drug-likeness (QED) is 0.900. The molecule has 104 valence electrons. The minimum atomic E-state index is 0.403. The fourth-order valence-electron chi connectivity index (χ4n) is 2.90. The van der Waals surface area contributed by atoms with E-state index in [0.717, 1.165) is 30.7 Å². The standard InChI is InChI=1S/C16H23ClN2/c1-16(2)8-9-19(11-16)15-12(4-3-5-14(15)17)10-18-13-6-7-13/h3-5,13,18H,6-11H2,1-2H3. The van der Waals surface area contributed by atoms with Crippen molar-refractivity contribution in [1.29, 1.82) is 0 Å². The van der Waals surface area contributed by atoms with Gasteiger partial charge in [-0.1, -0.05) is 37.6 Å². The highest BCUT2D eigenvalue weighted by Gasteiger charge is 2.31. The Morgan fingerprint density at radius 3 is 2.79 bits per heavy atom. The first-order chi connectivity index (χ1) is 9.05. The molecule has 1 aromatic carbocycles. The van der Waals surface area contributed by atoms with Crippen molar-refractivity contribution in [3.05, 3.63) is 28.8 Å². The summed E-state index contributed by atoms with van der Waals surface area (Å²) < 4.78 is 0. The fourth-order valence-corrected chi connectivity index (χ4v) is 3.22. The molecular formula is C16H23ClN2. The van der Waals surface area contributed by atoms with E-state index in [1.165, 1.54) is 30.5 Å². The molecule has 2 aliphatic rings. The third-order valence-electron chi connectivity index (χ3n) is 4.22. The first-order valence-electron chi connectivity index (χ1n) is 7.31. The number of benzene rings is 1. The predicted octanol–water partition coefficient (Wildman–Crippen LogP) is 3.83. The van der Waals surface area contributed by atoms with E-state index in [9.17, 15) is 0 Å². The van der Waals surface area contributed by atoms with Crippen molar-refractivity contribution in [1.82, 2.24) is 5.32 Å². The van der Waals surface area contributed by atoms with Gasteiger partial charge < -0.3 is 10.2 Å². The maximum Gasteiger partial charge on any atom is 0.0642 e. The van der Waals surface area contributed by atoms with Gasteiger partial charge in [-0.3, -0.25) is 0 Å². The molecule has 1 aliphatic carbocycles. The van der Waals surface area contributed by atoms with Gasteiger partial charge >= 0.3 is 0 Å². The average molecular weight is 279 g/mol. The van der Waals surface area contributed by atoms with Crippen LogP contribution < -0.4 is 10.2 Å². The third kappa shape index (κ3) is 3.06. The summed E-state index contributed by atoms with van der Waals surface area (Å²) in [6, 6.07) is 7.03. The highest BCUT2D eigenvalue weighted by molar-refractivity contribution is 6.33. The molecule has 0 atom stereocenters. The number of nitrogens with one attached hydrogen (secondary N) is 1. The Labute approximate surface area is 121 Å². The lowest BCUT2D eigenvalue weighted by molar-refractivity contribution is 0.418. The normalized spacial score (nSPS) is 21.9. The first-order valence-corrected chi connectivity index (χ1v) is 7.69. The van der Waals surface area contributed by atoms with E-state index in [-0.39, 0.29) is 0 Å². The molecule has 1 aliphatic heterocycles. The molecule has 1 N–H and O–H groups in total. The van der Waals surface area contributed by atoms with E-state index in [1.54, 1.807) is 0 Å². The fraction of sp³-hybridized carbons (Fsp3) is 0.625. The van der Waals surface area contributed by atoms with Gasteiger partial charge in [0.1, 0.15) is 0 Å².